The van der Waals surface area contributed by atoms with Crippen molar-refractivity contribution in [3.63, 3.8) is 0 Å². The van der Waals surface area contributed by atoms with E-state index >= 15 is 0 Å². The zero-order valence-electron chi connectivity index (χ0n) is 10.2. The Labute approximate surface area is 98.0 Å². The Kier molecular flexibility index (Phi) is 3.62. The monoisotopic (exact) mass is 219 g/mol. The van der Waals surface area contributed by atoms with Crippen LogP contribution >= 0.6 is 0 Å². The van der Waals surface area contributed by atoms with Crippen molar-refractivity contribution >= 4 is 0 Å². The molecule has 0 bridgehead atoms. The first-order chi connectivity index (χ1) is 7.73. The summed E-state index contributed by atoms with van der Waals surface area (Å²) >= 11 is 0. The van der Waals surface area contributed by atoms with Gasteiger partial charge in [0.25, 0.3) is 0 Å². The predicted molar refractivity (Wildman–Crippen MR) is 66.4 cm³/mol. The van der Waals surface area contributed by atoms with Crippen LogP contribution in [-0.2, 0) is 10.3 Å². The second-order valence-corrected chi connectivity index (χ2v) is 4.98. The number of nitrogens with one attached hydrogen (secondary N) is 1. The molecule has 0 aromatic heterocycles. The van der Waals surface area contributed by atoms with Crippen LogP contribution in [0, 0.1) is 5.92 Å². The SMILES string of the molecule is CC(C)CC1(c2ccccc2)CNCCO1. The van der Waals surface area contributed by atoms with E-state index < -0.39 is 0 Å². The molecule has 1 aromatic carbocycles. The zero-order chi connectivity index (χ0) is 11.4. The number of benzene rings is 1. The van der Waals surface area contributed by atoms with Gasteiger partial charge in [-0.3, -0.25) is 0 Å². The lowest BCUT2D eigenvalue weighted by Gasteiger charge is -2.39. The molecule has 0 aliphatic carbocycles. The summed E-state index contributed by atoms with van der Waals surface area (Å²) < 4.78 is 6.10. The molecule has 1 fully saturated rings. The average molecular weight is 219 g/mol. The molecule has 2 rings (SSSR count). The molecule has 1 heterocycles. The van der Waals surface area contributed by atoms with Crippen LogP contribution in [0.3, 0.4) is 0 Å². The summed E-state index contributed by atoms with van der Waals surface area (Å²) in [5.41, 5.74) is 1.18. The van der Waals surface area contributed by atoms with Crippen molar-refractivity contribution in [3.8, 4) is 0 Å². The number of hydrogen-bond acceptors (Lipinski definition) is 2. The maximum atomic E-state index is 6.10. The largest absolute Gasteiger partial charge is 0.368 e. The minimum Gasteiger partial charge on any atom is -0.368 e. The van der Waals surface area contributed by atoms with Crippen LogP contribution in [0.15, 0.2) is 30.3 Å². The van der Waals surface area contributed by atoms with Crippen molar-refractivity contribution in [3.05, 3.63) is 35.9 Å². The van der Waals surface area contributed by atoms with Gasteiger partial charge in [0.15, 0.2) is 0 Å². The van der Waals surface area contributed by atoms with Crippen LogP contribution in [0.2, 0.25) is 0 Å². The third-order valence-electron chi connectivity index (χ3n) is 3.11. The van der Waals surface area contributed by atoms with E-state index in [4.69, 9.17) is 4.74 Å². The van der Waals surface area contributed by atoms with E-state index in [0.29, 0.717) is 5.92 Å². The molecule has 88 valence electrons. The van der Waals surface area contributed by atoms with Crippen LogP contribution in [0.1, 0.15) is 25.8 Å². The van der Waals surface area contributed by atoms with Crippen LogP contribution in [0.4, 0.5) is 0 Å². The first kappa shape index (κ1) is 11.6. The summed E-state index contributed by atoms with van der Waals surface area (Å²) in [6, 6.07) is 10.6. The Balaban J connectivity index is 2.26. The lowest BCUT2D eigenvalue weighted by molar-refractivity contribution is -0.0838. The lowest BCUT2D eigenvalue weighted by Crippen LogP contribution is -2.48. The average Bonchev–Trinajstić information content (AvgIpc) is 2.30. The van der Waals surface area contributed by atoms with Gasteiger partial charge >= 0.3 is 0 Å². The standard InChI is InChI=1S/C14H21NO/c1-12(2)10-14(11-15-8-9-16-14)13-6-4-3-5-7-13/h3-7,12,15H,8-11H2,1-2H3. The summed E-state index contributed by atoms with van der Waals surface area (Å²) in [6.45, 7) is 7.20. The van der Waals surface area contributed by atoms with Crippen molar-refractivity contribution in [2.45, 2.75) is 25.9 Å². The highest BCUT2D eigenvalue weighted by Crippen LogP contribution is 2.33. The lowest BCUT2D eigenvalue weighted by atomic mass is 9.84. The quantitative estimate of drug-likeness (QED) is 0.843. The topological polar surface area (TPSA) is 21.3 Å². The van der Waals surface area contributed by atoms with E-state index in [1.54, 1.807) is 0 Å². The fraction of sp³-hybridized carbons (Fsp3) is 0.571. The van der Waals surface area contributed by atoms with Crippen LogP contribution in [0.25, 0.3) is 0 Å². The fourth-order valence-electron chi connectivity index (χ4n) is 2.50. The van der Waals surface area contributed by atoms with Crippen molar-refractivity contribution in [2.24, 2.45) is 5.92 Å². The third kappa shape index (κ3) is 2.45. The molecule has 1 saturated heterocycles. The molecule has 1 atom stereocenters. The first-order valence-corrected chi connectivity index (χ1v) is 6.13. The van der Waals surface area contributed by atoms with Crippen molar-refractivity contribution in [1.29, 1.82) is 0 Å². The number of morpholine rings is 1. The van der Waals surface area contributed by atoms with Gasteiger partial charge in [-0.05, 0) is 17.9 Å². The number of ether oxygens (including phenoxy) is 1. The molecule has 16 heavy (non-hydrogen) atoms. The summed E-state index contributed by atoms with van der Waals surface area (Å²) in [6.07, 6.45) is 1.07. The molecule has 2 heteroatoms. The van der Waals surface area contributed by atoms with Gasteiger partial charge in [0.2, 0.25) is 0 Å². The molecule has 0 radical (unpaired) electrons. The molecule has 1 aromatic rings. The van der Waals surface area contributed by atoms with Crippen LogP contribution in [0.5, 0.6) is 0 Å². The molecular weight excluding hydrogens is 198 g/mol. The van der Waals surface area contributed by atoms with Crippen molar-refractivity contribution in [2.75, 3.05) is 19.7 Å². The van der Waals surface area contributed by atoms with Gasteiger partial charge in [-0.15, -0.1) is 0 Å². The number of hydrogen-bond donors (Lipinski definition) is 1. The second kappa shape index (κ2) is 4.98. The van der Waals surface area contributed by atoms with E-state index in [1.165, 1.54) is 5.56 Å². The fourth-order valence-corrected chi connectivity index (χ4v) is 2.50. The maximum absolute atomic E-state index is 6.10. The molecular formula is C14H21NO. The summed E-state index contributed by atoms with van der Waals surface area (Å²) in [4.78, 5) is 0. The van der Waals surface area contributed by atoms with E-state index in [2.05, 4.69) is 49.5 Å². The summed E-state index contributed by atoms with van der Waals surface area (Å²) in [5.74, 6) is 0.639. The van der Waals surface area contributed by atoms with Crippen LogP contribution in [-0.4, -0.2) is 19.7 Å². The highest BCUT2D eigenvalue weighted by Gasteiger charge is 2.35. The Morgan fingerprint density at radius 3 is 2.62 bits per heavy atom. The molecule has 1 aliphatic heterocycles. The predicted octanol–water partition coefficient (Wildman–Crippen LogP) is 2.55. The Hall–Kier alpha value is -0.860. The zero-order valence-corrected chi connectivity index (χ0v) is 10.2. The van der Waals surface area contributed by atoms with Crippen molar-refractivity contribution < 1.29 is 4.74 Å². The van der Waals surface area contributed by atoms with Crippen LogP contribution < -0.4 is 5.32 Å². The van der Waals surface area contributed by atoms with E-state index in [-0.39, 0.29) is 5.60 Å². The van der Waals surface area contributed by atoms with Crippen molar-refractivity contribution in [1.82, 2.24) is 5.32 Å². The molecule has 1 aliphatic rings. The third-order valence-corrected chi connectivity index (χ3v) is 3.11. The Morgan fingerprint density at radius 2 is 2.06 bits per heavy atom. The van der Waals surface area contributed by atoms with Gasteiger partial charge in [0.1, 0.15) is 5.60 Å². The second-order valence-electron chi connectivity index (χ2n) is 4.98. The van der Waals surface area contributed by atoms with Gasteiger partial charge in [-0.25, -0.2) is 0 Å². The van der Waals surface area contributed by atoms with E-state index in [1.807, 2.05) is 0 Å². The van der Waals surface area contributed by atoms with Gasteiger partial charge < -0.3 is 10.1 Å². The molecule has 0 saturated carbocycles. The van der Waals surface area contributed by atoms with Gasteiger partial charge in [0, 0.05) is 13.1 Å². The van der Waals surface area contributed by atoms with E-state index in [9.17, 15) is 0 Å². The van der Waals surface area contributed by atoms with Gasteiger partial charge in [-0.1, -0.05) is 44.2 Å². The molecule has 2 nitrogen and oxygen atoms in total. The molecule has 0 amide bonds. The molecule has 1 unspecified atom stereocenters. The highest BCUT2D eigenvalue weighted by molar-refractivity contribution is 5.24. The smallest absolute Gasteiger partial charge is 0.106 e. The number of rotatable bonds is 3. The first-order valence-electron chi connectivity index (χ1n) is 6.13. The Morgan fingerprint density at radius 1 is 1.31 bits per heavy atom. The minimum atomic E-state index is -0.117. The minimum absolute atomic E-state index is 0.117. The molecule has 0 spiro atoms. The summed E-state index contributed by atoms with van der Waals surface area (Å²) in [7, 11) is 0. The van der Waals surface area contributed by atoms with E-state index in [0.717, 1.165) is 26.1 Å². The summed E-state index contributed by atoms with van der Waals surface area (Å²) in [5, 5.41) is 3.45. The highest BCUT2D eigenvalue weighted by atomic mass is 16.5. The van der Waals surface area contributed by atoms with Gasteiger partial charge in [0.05, 0.1) is 6.61 Å². The molecule has 1 N–H and O–H groups in total. The normalized spacial score (nSPS) is 25.9. The maximum Gasteiger partial charge on any atom is 0.106 e. The Bertz CT molecular complexity index is 315. The van der Waals surface area contributed by atoms with Gasteiger partial charge in [-0.2, -0.15) is 0 Å².